The minimum Gasteiger partial charge on any atom is -0.381 e. The quantitative estimate of drug-likeness (QED) is 0.900. The molecule has 0 aromatic carbocycles. The molecule has 16 heavy (non-hydrogen) atoms. The first-order chi connectivity index (χ1) is 7.18. The molecule has 0 amide bonds. The van der Waals surface area contributed by atoms with Crippen LogP contribution in [0.3, 0.4) is 0 Å². The van der Waals surface area contributed by atoms with E-state index in [1.807, 2.05) is 0 Å². The van der Waals surface area contributed by atoms with Gasteiger partial charge in [0.05, 0.1) is 3.79 Å². The van der Waals surface area contributed by atoms with Gasteiger partial charge in [0, 0.05) is 24.1 Å². The third kappa shape index (κ3) is 3.20. The lowest BCUT2D eigenvalue weighted by Gasteiger charge is -2.26. The molecule has 0 aliphatic carbocycles. The molecule has 2 N–H and O–H groups in total. The molecule has 0 saturated carbocycles. The molecule has 1 aliphatic heterocycles. The number of hydrogen-bond acceptors (Lipinski definition) is 3. The summed E-state index contributed by atoms with van der Waals surface area (Å²) in [5, 5.41) is 0. The average Bonchev–Trinajstić information content (AvgIpc) is 2.59. The number of halogens is 2. The summed E-state index contributed by atoms with van der Waals surface area (Å²) in [4.78, 5) is 1.30. The standard InChI is InChI=1S/C11H16BrNOS.ClH/c1-7-6-9(15-11(7)12)10(13)8-2-4-14-5-3-8;/h6,8,10H,2-5,13H2,1H3;1H/t10-;/m0./s1. The van der Waals surface area contributed by atoms with Crippen LogP contribution in [-0.4, -0.2) is 13.2 Å². The number of thiophene rings is 1. The van der Waals surface area contributed by atoms with Gasteiger partial charge in [0.1, 0.15) is 0 Å². The molecule has 1 atom stereocenters. The molecule has 1 aromatic rings. The van der Waals surface area contributed by atoms with Gasteiger partial charge in [-0.05, 0) is 53.2 Å². The van der Waals surface area contributed by atoms with Gasteiger partial charge in [-0.25, -0.2) is 0 Å². The van der Waals surface area contributed by atoms with Gasteiger partial charge in [-0.2, -0.15) is 0 Å². The Labute approximate surface area is 115 Å². The van der Waals surface area contributed by atoms with E-state index in [0.717, 1.165) is 26.1 Å². The maximum absolute atomic E-state index is 6.29. The first-order valence-corrected chi connectivity index (χ1v) is 6.88. The lowest BCUT2D eigenvalue weighted by Crippen LogP contribution is -2.26. The van der Waals surface area contributed by atoms with Crippen molar-refractivity contribution in [3.63, 3.8) is 0 Å². The van der Waals surface area contributed by atoms with E-state index in [-0.39, 0.29) is 18.4 Å². The molecule has 1 fully saturated rings. The van der Waals surface area contributed by atoms with E-state index in [2.05, 4.69) is 28.9 Å². The third-order valence-corrected chi connectivity index (χ3v) is 5.22. The molecule has 92 valence electrons. The highest BCUT2D eigenvalue weighted by Crippen LogP contribution is 2.36. The van der Waals surface area contributed by atoms with Crippen LogP contribution in [0.1, 0.15) is 29.3 Å². The zero-order valence-corrected chi connectivity index (χ0v) is 12.5. The molecule has 1 aliphatic rings. The topological polar surface area (TPSA) is 35.2 Å². The first kappa shape index (κ1) is 14.5. The van der Waals surface area contributed by atoms with Crippen molar-refractivity contribution in [1.82, 2.24) is 0 Å². The molecule has 2 rings (SSSR count). The fourth-order valence-corrected chi connectivity index (χ4v) is 3.62. The van der Waals surface area contributed by atoms with E-state index in [4.69, 9.17) is 10.5 Å². The van der Waals surface area contributed by atoms with E-state index < -0.39 is 0 Å². The predicted octanol–water partition coefficient (Wildman–Crippen LogP) is 3.67. The summed E-state index contributed by atoms with van der Waals surface area (Å²) in [5.74, 6) is 0.587. The molecule has 0 bridgehead atoms. The predicted molar refractivity (Wildman–Crippen MR) is 74.5 cm³/mol. The largest absolute Gasteiger partial charge is 0.381 e. The van der Waals surface area contributed by atoms with Gasteiger partial charge in [-0.1, -0.05) is 0 Å². The highest BCUT2D eigenvalue weighted by molar-refractivity contribution is 9.11. The minimum atomic E-state index is 0. The summed E-state index contributed by atoms with van der Waals surface area (Å²) in [7, 11) is 0. The number of aryl methyl sites for hydroxylation is 1. The van der Waals surface area contributed by atoms with Crippen molar-refractivity contribution in [2.45, 2.75) is 25.8 Å². The van der Waals surface area contributed by atoms with Gasteiger partial charge >= 0.3 is 0 Å². The monoisotopic (exact) mass is 325 g/mol. The summed E-state index contributed by atoms with van der Waals surface area (Å²) in [6, 6.07) is 2.39. The van der Waals surface area contributed by atoms with Crippen molar-refractivity contribution in [1.29, 1.82) is 0 Å². The van der Waals surface area contributed by atoms with E-state index in [9.17, 15) is 0 Å². The summed E-state index contributed by atoms with van der Waals surface area (Å²) < 4.78 is 6.56. The van der Waals surface area contributed by atoms with Crippen LogP contribution >= 0.6 is 39.7 Å². The molecular weight excluding hydrogens is 310 g/mol. The van der Waals surface area contributed by atoms with Crippen LogP contribution in [0.5, 0.6) is 0 Å². The van der Waals surface area contributed by atoms with Crippen molar-refractivity contribution in [2.75, 3.05) is 13.2 Å². The smallest absolute Gasteiger partial charge is 0.0731 e. The van der Waals surface area contributed by atoms with Crippen molar-refractivity contribution in [2.24, 2.45) is 11.7 Å². The van der Waals surface area contributed by atoms with Crippen LogP contribution in [-0.2, 0) is 4.74 Å². The Morgan fingerprint density at radius 3 is 2.62 bits per heavy atom. The fraction of sp³-hybridized carbons (Fsp3) is 0.636. The van der Waals surface area contributed by atoms with Crippen LogP contribution in [0.25, 0.3) is 0 Å². The van der Waals surface area contributed by atoms with Crippen molar-refractivity contribution in [3.8, 4) is 0 Å². The second kappa shape index (κ2) is 6.36. The van der Waals surface area contributed by atoms with Crippen LogP contribution in [0.4, 0.5) is 0 Å². The van der Waals surface area contributed by atoms with Crippen molar-refractivity contribution in [3.05, 3.63) is 20.3 Å². The van der Waals surface area contributed by atoms with Gasteiger partial charge in [-0.15, -0.1) is 23.7 Å². The van der Waals surface area contributed by atoms with Crippen LogP contribution in [0.2, 0.25) is 0 Å². The van der Waals surface area contributed by atoms with Crippen LogP contribution in [0, 0.1) is 12.8 Å². The van der Waals surface area contributed by atoms with Gasteiger partial charge in [0.2, 0.25) is 0 Å². The second-order valence-electron chi connectivity index (χ2n) is 4.08. The molecule has 0 spiro atoms. The number of rotatable bonds is 2. The Morgan fingerprint density at radius 1 is 1.50 bits per heavy atom. The molecule has 5 heteroatoms. The Morgan fingerprint density at radius 2 is 2.12 bits per heavy atom. The maximum Gasteiger partial charge on any atom is 0.0731 e. The molecule has 0 unspecified atom stereocenters. The SMILES string of the molecule is Cc1cc([C@@H](N)C2CCOCC2)sc1Br.Cl. The molecule has 1 aromatic heterocycles. The van der Waals surface area contributed by atoms with E-state index in [1.165, 1.54) is 14.2 Å². The summed E-state index contributed by atoms with van der Waals surface area (Å²) in [6.07, 6.45) is 2.19. The Bertz CT molecular complexity index is 319. The minimum absolute atomic E-state index is 0. The van der Waals surface area contributed by atoms with Gasteiger partial charge in [0.25, 0.3) is 0 Å². The van der Waals surface area contributed by atoms with Crippen molar-refractivity contribution < 1.29 is 4.74 Å². The molecule has 0 radical (unpaired) electrons. The Hall–Kier alpha value is 0.390. The molecule has 2 heterocycles. The van der Waals surface area contributed by atoms with Gasteiger partial charge in [0.15, 0.2) is 0 Å². The lowest BCUT2D eigenvalue weighted by molar-refractivity contribution is 0.0587. The molecular formula is C11H17BrClNOS. The molecule has 2 nitrogen and oxygen atoms in total. The first-order valence-electron chi connectivity index (χ1n) is 5.27. The molecule has 1 saturated heterocycles. The van der Waals surface area contributed by atoms with Crippen molar-refractivity contribution >= 4 is 39.7 Å². The Kier molecular flexibility index (Phi) is 5.74. The maximum atomic E-state index is 6.29. The van der Waals surface area contributed by atoms with E-state index >= 15 is 0 Å². The van der Waals surface area contributed by atoms with E-state index in [1.54, 1.807) is 11.3 Å². The normalized spacial score (nSPS) is 19.2. The number of hydrogen-bond donors (Lipinski definition) is 1. The number of ether oxygens (including phenoxy) is 1. The summed E-state index contributed by atoms with van der Waals surface area (Å²) in [6.45, 7) is 3.84. The summed E-state index contributed by atoms with van der Waals surface area (Å²) >= 11 is 5.31. The zero-order valence-electron chi connectivity index (χ0n) is 9.24. The highest BCUT2D eigenvalue weighted by Gasteiger charge is 2.23. The second-order valence-corrected chi connectivity index (χ2v) is 6.48. The lowest BCUT2D eigenvalue weighted by atomic mass is 9.91. The summed E-state index contributed by atoms with van der Waals surface area (Å²) in [5.41, 5.74) is 7.58. The number of nitrogens with two attached hydrogens (primary N) is 1. The van der Waals surface area contributed by atoms with Crippen LogP contribution < -0.4 is 5.73 Å². The zero-order chi connectivity index (χ0) is 10.8. The van der Waals surface area contributed by atoms with Gasteiger partial charge < -0.3 is 10.5 Å². The Balaban J connectivity index is 0.00000128. The highest BCUT2D eigenvalue weighted by atomic mass is 79.9. The van der Waals surface area contributed by atoms with E-state index in [0.29, 0.717) is 5.92 Å². The van der Waals surface area contributed by atoms with Gasteiger partial charge in [-0.3, -0.25) is 0 Å². The average molecular weight is 327 g/mol. The fourth-order valence-electron chi connectivity index (χ4n) is 1.96. The third-order valence-electron chi connectivity index (χ3n) is 2.98. The van der Waals surface area contributed by atoms with Crippen LogP contribution in [0.15, 0.2) is 9.85 Å².